The summed E-state index contributed by atoms with van der Waals surface area (Å²) in [7, 11) is 0. The summed E-state index contributed by atoms with van der Waals surface area (Å²) in [5.41, 5.74) is 2.64. The van der Waals surface area contributed by atoms with Crippen molar-refractivity contribution in [2.24, 2.45) is 0 Å². The number of aromatic carboxylic acids is 1. The molecule has 1 fully saturated rings. The maximum atomic E-state index is 13.2. The molecule has 2 amide bonds. The van der Waals surface area contributed by atoms with Crippen LogP contribution in [0.2, 0.25) is 0 Å². The maximum absolute atomic E-state index is 13.2. The van der Waals surface area contributed by atoms with Gasteiger partial charge in [-0.2, -0.15) is 5.10 Å². The number of aromatic nitrogens is 4. The lowest BCUT2D eigenvalue weighted by Crippen LogP contribution is -2.40. The molecule has 3 N–H and O–H groups in total. The molecule has 4 aromatic rings. The molecule has 0 radical (unpaired) electrons. The average molecular weight is 470 g/mol. The van der Waals surface area contributed by atoms with E-state index in [1.54, 1.807) is 21.8 Å². The highest BCUT2D eigenvalue weighted by molar-refractivity contribution is 5.99. The number of nitrogens with zero attached hydrogens (tertiary/aromatic N) is 4. The molecule has 3 aromatic heterocycles. The number of H-pyrrole nitrogens is 1. The number of carbonyl (C=O) groups excluding carboxylic acids is 2. The smallest absolute Gasteiger partial charge is 0.337 e. The normalized spacial score (nSPS) is 16.1. The van der Waals surface area contributed by atoms with E-state index in [-0.39, 0.29) is 23.9 Å². The number of amides is 2. The van der Waals surface area contributed by atoms with Crippen molar-refractivity contribution in [1.82, 2.24) is 30.0 Å². The zero-order valence-corrected chi connectivity index (χ0v) is 18.7. The van der Waals surface area contributed by atoms with Gasteiger partial charge in [0.2, 0.25) is 0 Å². The van der Waals surface area contributed by atoms with Crippen molar-refractivity contribution >= 4 is 28.7 Å². The van der Waals surface area contributed by atoms with Gasteiger partial charge >= 0.3 is 5.97 Å². The number of para-hydroxylation sites is 1. The highest BCUT2D eigenvalue weighted by atomic mass is 16.4. The summed E-state index contributed by atoms with van der Waals surface area (Å²) in [4.78, 5) is 46.7. The van der Waals surface area contributed by atoms with Gasteiger partial charge < -0.3 is 20.3 Å². The minimum absolute atomic E-state index is 0.0984. The van der Waals surface area contributed by atoms with Crippen LogP contribution in [-0.4, -0.2) is 54.1 Å². The Balaban J connectivity index is 1.21. The number of benzene rings is 1. The Kier molecular flexibility index (Phi) is 4.70. The summed E-state index contributed by atoms with van der Waals surface area (Å²) < 4.78 is 1.77. The molecule has 1 aliphatic carbocycles. The van der Waals surface area contributed by atoms with Gasteiger partial charge in [0, 0.05) is 23.6 Å². The van der Waals surface area contributed by atoms with E-state index in [1.807, 2.05) is 30.3 Å². The van der Waals surface area contributed by atoms with Crippen molar-refractivity contribution in [3.8, 4) is 0 Å². The Morgan fingerprint density at radius 1 is 1.06 bits per heavy atom. The van der Waals surface area contributed by atoms with Gasteiger partial charge in [0.05, 0.1) is 47.3 Å². The van der Waals surface area contributed by atoms with E-state index < -0.39 is 11.5 Å². The molecule has 10 nitrogen and oxygen atoms in total. The second kappa shape index (κ2) is 7.79. The molecule has 176 valence electrons. The molecule has 1 aliphatic heterocycles. The third-order valence-electron chi connectivity index (χ3n) is 6.77. The minimum atomic E-state index is -1.05. The Hall–Kier alpha value is -4.47. The number of rotatable bonds is 5. The molecule has 0 saturated heterocycles. The second-order valence-corrected chi connectivity index (χ2v) is 9.00. The van der Waals surface area contributed by atoms with Gasteiger partial charge in [-0.1, -0.05) is 18.2 Å². The first-order valence-electron chi connectivity index (χ1n) is 11.4. The van der Waals surface area contributed by atoms with E-state index in [9.17, 15) is 14.4 Å². The molecule has 0 bridgehead atoms. The van der Waals surface area contributed by atoms with E-state index in [4.69, 9.17) is 5.11 Å². The zero-order chi connectivity index (χ0) is 24.2. The topological polar surface area (TPSA) is 133 Å². The fourth-order valence-electron chi connectivity index (χ4n) is 4.63. The van der Waals surface area contributed by atoms with Crippen LogP contribution in [-0.2, 0) is 18.6 Å². The number of hydrogen-bond acceptors (Lipinski definition) is 5. The van der Waals surface area contributed by atoms with Gasteiger partial charge in [-0.05, 0) is 37.1 Å². The zero-order valence-electron chi connectivity index (χ0n) is 18.7. The highest BCUT2D eigenvalue weighted by Crippen LogP contribution is 2.44. The first-order chi connectivity index (χ1) is 16.9. The fourth-order valence-corrected chi connectivity index (χ4v) is 4.63. The van der Waals surface area contributed by atoms with Crippen LogP contribution >= 0.6 is 0 Å². The molecule has 0 atom stereocenters. The third-order valence-corrected chi connectivity index (χ3v) is 6.77. The molecule has 10 heteroatoms. The third kappa shape index (κ3) is 3.63. The van der Waals surface area contributed by atoms with E-state index in [2.05, 4.69) is 20.4 Å². The van der Waals surface area contributed by atoms with Crippen LogP contribution in [0.3, 0.4) is 0 Å². The number of pyridine rings is 1. The number of nitrogens with one attached hydrogen (secondary N) is 2. The summed E-state index contributed by atoms with van der Waals surface area (Å²) in [6.45, 7) is 1.27. The molecule has 0 unspecified atom stereocenters. The van der Waals surface area contributed by atoms with Crippen LogP contribution in [0.1, 0.15) is 55.4 Å². The summed E-state index contributed by atoms with van der Waals surface area (Å²) in [6, 6.07) is 12.7. The van der Waals surface area contributed by atoms with Gasteiger partial charge in [-0.15, -0.1) is 0 Å². The second-order valence-electron chi connectivity index (χ2n) is 9.00. The summed E-state index contributed by atoms with van der Waals surface area (Å²) in [5.74, 6) is -1.45. The van der Waals surface area contributed by atoms with Crippen molar-refractivity contribution in [1.29, 1.82) is 0 Å². The van der Waals surface area contributed by atoms with Crippen molar-refractivity contribution < 1.29 is 19.5 Å². The predicted molar refractivity (Wildman–Crippen MR) is 125 cm³/mol. The Bertz CT molecular complexity index is 1450. The lowest BCUT2D eigenvalue weighted by Gasteiger charge is -2.28. The van der Waals surface area contributed by atoms with Crippen molar-refractivity contribution in [2.45, 2.75) is 31.5 Å². The van der Waals surface area contributed by atoms with Crippen molar-refractivity contribution in [2.75, 3.05) is 6.54 Å². The lowest BCUT2D eigenvalue weighted by molar-refractivity contribution is 0.0689. The minimum Gasteiger partial charge on any atom is -0.478 e. The van der Waals surface area contributed by atoms with Gasteiger partial charge in [0.15, 0.2) is 0 Å². The maximum Gasteiger partial charge on any atom is 0.337 e. The Labute approximate surface area is 199 Å². The summed E-state index contributed by atoms with van der Waals surface area (Å²) >= 11 is 0. The van der Waals surface area contributed by atoms with Crippen LogP contribution in [0.5, 0.6) is 0 Å². The predicted octanol–water partition coefficient (Wildman–Crippen LogP) is 2.53. The van der Waals surface area contributed by atoms with Crippen LogP contribution in [0.15, 0.2) is 54.9 Å². The van der Waals surface area contributed by atoms with E-state index >= 15 is 0 Å². The number of carbonyl (C=O) groups is 3. The van der Waals surface area contributed by atoms with Crippen molar-refractivity contribution in [3.05, 3.63) is 83.1 Å². The Morgan fingerprint density at radius 2 is 1.89 bits per heavy atom. The molecular formula is C25H22N6O4. The van der Waals surface area contributed by atoms with Crippen LogP contribution < -0.4 is 5.32 Å². The SMILES string of the molecule is O=C(O)c1ccc(C2(NC(=O)c3cnn4c3CN(C(=O)c3cc5ccccc5[nH]3)CC4)CC2)nc1. The number of carboxylic acids is 1. The standard InChI is InChI=1S/C25H22N6O4/c32-22(29-25(7-8-25)21-6-5-16(12-26-21)24(34)35)17-13-27-31-10-9-30(14-20(17)31)23(33)19-11-15-3-1-2-4-18(15)28-19/h1-6,11-13,28H,7-10,14H2,(H,29,32)(H,34,35). The molecule has 0 spiro atoms. The molecule has 1 aromatic carbocycles. The summed E-state index contributed by atoms with van der Waals surface area (Å²) in [6.07, 6.45) is 4.27. The number of fused-ring (bicyclic) bond motifs is 2. The number of carboxylic acid groups (broad SMARTS) is 1. The van der Waals surface area contributed by atoms with Gasteiger partial charge in [-0.25, -0.2) is 4.79 Å². The molecule has 35 heavy (non-hydrogen) atoms. The van der Waals surface area contributed by atoms with E-state index in [1.165, 1.54) is 12.3 Å². The molecular weight excluding hydrogens is 448 g/mol. The largest absolute Gasteiger partial charge is 0.478 e. The Morgan fingerprint density at radius 3 is 2.60 bits per heavy atom. The van der Waals surface area contributed by atoms with Crippen molar-refractivity contribution in [3.63, 3.8) is 0 Å². The molecule has 1 saturated carbocycles. The highest BCUT2D eigenvalue weighted by Gasteiger charge is 2.47. The quantitative estimate of drug-likeness (QED) is 0.411. The van der Waals surface area contributed by atoms with E-state index in [0.29, 0.717) is 48.6 Å². The monoisotopic (exact) mass is 470 g/mol. The van der Waals surface area contributed by atoms with Crippen LogP contribution in [0, 0.1) is 0 Å². The van der Waals surface area contributed by atoms with Gasteiger partial charge in [0.25, 0.3) is 11.8 Å². The summed E-state index contributed by atoms with van der Waals surface area (Å²) in [5, 5.41) is 17.5. The number of hydrogen-bond donors (Lipinski definition) is 3. The number of aromatic amines is 1. The lowest BCUT2D eigenvalue weighted by atomic mass is 10.1. The molecule has 2 aliphatic rings. The van der Waals surface area contributed by atoms with E-state index in [0.717, 1.165) is 10.9 Å². The van der Waals surface area contributed by atoms with Crippen LogP contribution in [0.25, 0.3) is 10.9 Å². The average Bonchev–Trinajstić information content (AvgIpc) is 3.33. The van der Waals surface area contributed by atoms with Gasteiger partial charge in [-0.3, -0.25) is 19.3 Å². The molecule has 6 rings (SSSR count). The fraction of sp³-hybridized carbons (Fsp3) is 0.240. The first-order valence-corrected chi connectivity index (χ1v) is 11.4. The molecule has 4 heterocycles. The first kappa shape index (κ1) is 21.1. The van der Waals surface area contributed by atoms with Gasteiger partial charge in [0.1, 0.15) is 5.69 Å². The van der Waals surface area contributed by atoms with Crippen LogP contribution in [0.4, 0.5) is 0 Å².